The number of carbonyl (C=O) groups excluding carboxylic acids is 1. The SMILES string of the molecule is CN(C)C(=O)Cc1ccc(Oc2ccccc2)cc1.CN(C)CC(c1ccc(O)cc1)C1(O)CCCCC1.CN(C)CC(c1ccc(Oc2ccccc2)cc1)C1(O)CCCCC1.CN(C)CC(c1ccc(Oc2ccccc2)cc1)C1(O)CCCCC1.CNC.O=C(O)Cc1ccc(Oc2ccccc2)cc1.[AlH3].[H-].[Li+]. The summed E-state index contributed by atoms with van der Waals surface area (Å²) in [5.74, 6) is 6.29. The van der Waals surface area contributed by atoms with Crippen LogP contribution in [0.15, 0.2) is 243 Å². The summed E-state index contributed by atoms with van der Waals surface area (Å²) in [7, 11) is 19.7. The molecular weight excluding hydrogens is 1380 g/mol. The number of carboxylic acid groups (broad SMARTS) is 1. The fraction of sp³-hybridized carbons (Fsp3) is 0.391. The van der Waals surface area contributed by atoms with Crippen molar-refractivity contribution in [1.29, 1.82) is 0 Å². The van der Waals surface area contributed by atoms with Crippen LogP contribution >= 0.6 is 0 Å². The third kappa shape index (κ3) is 32.2. The molecule has 3 unspecified atom stereocenters. The van der Waals surface area contributed by atoms with Gasteiger partial charge in [0.05, 0.1) is 29.6 Å². The van der Waals surface area contributed by atoms with Gasteiger partial charge >= 0.3 is 24.8 Å². The van der Waals surface area contributed by atoms with Crippen LogP contribution in [0.4, 0.5) is 0 Å². The van der Waals surface area contributed by atoms with E-state index in [9.17, 15) is 30.0 Å². The molecule has 3 saturated carbocycles. The van der Waals surface area contributed by atoms with Crippen molar-refractivity contribution in [2.24, 2.45) is 0 Å². The first-order valence-electron chi connectivity index (χ1n) is 38.2. The average Bonchev–Trinajstić information content (AvgIpc) is 0.808. The number of carbonyl (C=O) groups is 2. The molecule has 6 N–H and O–H groups in total. The predicted molar refractivity (Wildman–Crippen MR) is 448 cm³/mol. The Hall–Kier alpha value is -8.23. The van der Waals surface area contributed by atoms with Crippen molar-refractivity contribution in [1.82, 2.24) is 24.9 Å². The van der Waals surface area contributed by atoms with Gasteiger partial charge in [-0.1, -0.05) is 191 Å². The van der Waals surface area contributed by atoms with Crippen LogP contribution in [0.1, 0.15) is 143 Å². The normalized spacial score (nSPS) is 15.2. The van der Waals surface area contributed by atoms with Crippen LogP contribution < -0.4 is 43.1 Å². The van der Waals surface area contributed by atoms with Gasteiger partial charge in [0.15, 0.2) is 17.4 Å². The smallest absolute Gasteiger partial charge is 1.00 e. The first-order chi connectivity index (χ1) is 51.9. The van der Waals surface area contributed by atoms with Crippen molar-refractivity contribution in [3.8, 4) is 51.7 Å². The van der Waals surface area contributed by atoms with E-state index in [4.69, 9.17) is 24.1 Å². The van der Waals surface area contributed by atoms with E-state index in [1.54, 1.807) is 55.4 Å². The number of nitrogens with one attached hydrogen (secondary N) is 1. The number of aliphatic hydroxyl groups is 3. The van der Waals surface area contributed by atoms with E-state index >= 15 is 0 Å². The van der Waals surface area contributed by atoms with E-state index < -0.39 is 22.8 Å². The number of hydrogen-bond donors (Lipinski definition) is 6. The molecule has 0 aromatic heterocycles. The molecule has 3 aliphatic rings. The maximum absolute atomic E-state index is 11.6. The van der Waals surface area contributed by atoms with E-state index in [1.165, 1.54) is 30.4 Å². The number of phenols is 1. The van der Waals surface area contributed by atoms with Gasteiger partial charge in [-0.3, -0.25) is 9.59 Å². The maximum atomic E-state index is 11.6. The molecule has 0 spiro atoms. The molecular formula is C92H123AlLiN5O11. The summed E-state index contributed by atoms with van der Waals surface area (Å²) in [6, 6.07) is 77.1. The van der Waals surface area contributed by atoms with Crippen molar-refractivity contribution < 1.29 is 74.4 Å². The van der Waals surface area contributed by atoms with Crippen LogP contribution in [-0.2, 0) is 22.4 Å². The molecule has 16 nitrogen and oxygen atoms in total. The van der Waals surface area contributed by atoms with Crippen molar-refractivity contribution in [2.75, 3.05) is 90.1 Å². The van der Waals surface area contributed by atoms with E-state index in [2.05, 4.69) is 72.5 Å². The number of benzene rings is 9. The fourth-order valence-electron chi connectivity index (χ4n) is 14.0. The minimum atomic E-state index is -0.832. The van der Waals surface area contributed by atoms with Gasteiger partial charge in [-0.05, 0) is 232 Å². The van der Waals surface area contributed by atoms with Crippen LogP contribution in [-0.4, -0.2) is 181 Å². The second-order valence-corrected chi connectivity index (χ2v) is 29.7. The predicted octanol–water partition coefficient (Wildman–Crippen LogP) is 14.4. The third-order valence-corrected chi connectivity index (χ3v) is 19.6. The Bertz CT molecular complexity index is 3830. The zero-order valence-corrected chi connectivity index (χ0v) is 66.4. The molecule has 1 amide bonds. The number of aliphatic carboxylic acids is 1. The number of rotatable bonds is 24. The molecule has 0 bridgehead atoms. The van der Waals surface area contributed by atoms with Crippen LogP contribution in [0.2, 0.25) is 0 Å². The second kappa shape index (κ2) is 48.5. The first kappa shape index (κ1) is 92.4. The summed E-state index contributed by atoms with van der Waals surface area (Å²) in [6.45, 7) is 2.55. The summed E-state index contributed by atoms with van der Waals surface area (Å²) in [5.41, 5.74) is 3.47. The van der Waals surface area contributed by atoms with Gasteiger partial charge in [-0.15, -0.1) is 0 Å². The van der Waals surface area contributed by atoms with Crippen LogP contribution in [0.25, 0.3) is 0 Å². The van der Waals surface area contributed by atoms with Gasteiger partial charge in [-0.2, -0.15) is 0 Å². The van der Waals surface area contributed by atoms with Crippen molar-refractivity contribution in [3.63, 3.8) is 0 Å². The molecule has 18 heteroatoms. The number of nitrogens with zero attached hydrogens (tertiary/aromatic N) is 4. The number of amides is 1. The average molecular weight is 1510 g/mol. The summed E-state index contributed by atoms with van der Waals surface area (Å²) >= 11 is 0. The van der Waals surface area contributed by atoms with Crippen molar-refractivity contribution >= 4 is 29.2 Å². The quantitative estimate of drug-likeness (QED) is 0.0312. The van der Waals surface area contributed by atoms with Crippen molar-refractivity contribution in [3.05, 3.63) is 270 Å². The molecule has 0 aliphatic heterocycles. The molecule has 12 rings (SSSR count). The molecule has 9 aromatic carbocycles. The molecule has 0 heterocycles. The number of carboxylic acids is 1. The van der Waals surface area contributed by atoms with E-state index in [1.807, 2.05) is 210 Å². The molecule has 0 radical (unpaired) electrons. The second-order valence-electron chi connectivity index (χ2n) is 29.7. The molecule has 3 aliphatic carbocycles. The van der Waals surface area contributed by atoms with Crippen LogP contribution in [0.3, 0.4) is 0 Å². The number of ether oxygens (including phenoxy) is 4. The summed E-state index contributed by atoms with van der Waals surface area (Å²) in [6.07, 6.45) is 16.2. The van der Waals surface area contributed by atoms with Gasteiger partial charge < -0.3 is 70.8 Å². The number of likely N-dealkylation sites (N-methyl/N-ethyl adjacent to an activating group) is 4. The van der Waals surface area contributed by atoms with Gasteiger partial charge in [0.25, 0.3) is 0 Å². The molecule has 3 atom stereocenters. The van der Waals surface area contributed by atoms with Crippen molar-refractivity contribution in [2.45, 2.75) is 144 Å². The number of hydrogen-bond acceptors (Lipinski definition) is 14. The standard InChI is InChI=1S/2C22H29NO2.C16H25NO2.C16H17NO2.C14H12O3.C2H7N.Al.Li.4H/c2*1-23(2)17-21(22(24)15-7-4-8-16-22)18-11-13-20(14-12-18)25-19-9-5-3-6-10-19;1-17(2)12-15(13-6-8-14(18)9-7-13)16(19)10-4-3-5-11-16;1-17(2)16(18)12-13-8-10-15(11-9-13)19-14-6-4-3-5-7-14;15-14(16)10-11-6-8-13(9-7-11)17-12-4-2-1-3-5-12;1-3-2;;;;;;/h2*3,5-6,9-14,21,24H,4,7-8,15-17H2,1-2H3;6-9,15,18-19H,3-5,10-12H2,1-2H3;3-11H,12H2,1-2H3;1-9H,10H2,(H,15,16);3H,1-2H3;;;;;;/q;;;;;;;+1;;;;-1. The molecule has 0 saturated heterocycles. The summed E-state index contributed by atoms with van der Waals surface area (Å²) in [5, 5.41) is 54.4. The van der Waals surface area contributed by atoms with Crippen LogP contribution in [0.5, 0.6) is 51.7 Å². The van der Waals surface area contributed by atoms with Gasteiger partial charge in [0.2, 0.25) is 5.91 Å². The third-order valence-electron chi connectivity index (χ3n) is 19.6. The molecule has 9 aromatic rings. The van der Waals surface area contributed by atoms with Gasteiger partial charge in [-0.25, -0.2) is 0 Å². The zero-order valence-electron chi connectivity index (χ0n) is 67.4. The fourth-order valence-corrected chi connectivity index (χ4v) is 14.0. The Labute approximate surface area is 680 Å². The number of phenolic OH excluding ortho intramolecular Hbond substituents is 1. The zero-order chi connectivity index (χ0) is 77.7. The number of aromatic hydroxyl groups is 1. The summed E-state index contributed by atoms with van der Waals surface area (Å²) < 4.78 is 23.1. The molecule has 110 heavy (non-hydrogen) atoms. The number of para-hydroxylation sites is 4. The molecule has 3 fully saturated rings. The first-order valence-corrected chi connectivity index (χ1v) is 38.2. The minimum absolute atomic E-state index is 0. The summed E-state index contributed by atoms with van der Waals surface area (Å²) in [4.78, 5) is 30.2. The Morgan fingerprint density at radius 1 is 0.364 bits per heavy atom. The maximum Gasteiger partial charge on any atom is 1.00 e. The van der Waals surface area contributed by atoms with E-state index in [0.717, 1.165) is 154 Å². The Morgan fingerprint density at radius 3 is 0.809 bits per heavy atom. The monoisotopic (exact) mass is 1510 g/mol. The Balaban J connectivity index is 0.000000290. The van der Waals surface area contributed by atoms with Gasteiger partial charge in [0, 0.05) is 51.5 Å². The largest absolute Gasteiger partial charge is 1.00 e. The van der Waals surface area contributed by atoms with Crippen LogP contribution in [0, 0.1) is 0 Å². The Kier molecular flexibility index (Phi) is 40.8. The topological polar surface area (TPSA) is 197 Å². The van der Waals surface area contributed by atoms with Gasteiger partial charge in [0.1, 0.15) is 51.7 Å². The van der Waals surface area contributed by atoms with E-state index in [-0.39, 0.29) is 73.5 Å². The molecule has 586 valence electrons. The minimum Gasteiger partial charge on any atom is -1.00 e. The van der Waals surface area contributed by atoms with E-state index in [0.29, 0.717) is 12.2 Å². The Morgan fingerprint density at radius 2 is 0.582 bits per heavy atom.